The minimum Gasteiger partial charge on any atom is -0.497 e. The minimum atomic E-state index is -0.288. The Morgan fingerprint density at radius 3 is 2.61 bits per heavy atom. The third kappa shape index (κ3) is 2.31. The molecule has 2 N–H and O–H groups in total. The van der Waals surface area contributed by atoms with Crippen molar-refractivity contribution in [2.75, 3.05) is 14.2 Å². The van der Waals surface area contributed by atoms with Gasteiger partial charge in [0.25, 0.3) is 0 Å². The van der Waals surface area contributed by atoms with Gasteiger partial charge in [-0.2, -0.15) is 5.10 Å². The number of rotatable bonds is 4. The van der Waals surface area contributed by atoms with Crippen LogP contribution in [0, 0.1) is 0 Å². The van der Waals surface area contributed by atoms with Gasteiger partial charge in [-0.3, -0.25) is 4.68 Å². The first-order valence-electron chi connectivity index (χ1n) is 5.61. The van der Waals surface area contributed by atoms with Crippen molar-refractivity contribution >= 4 is 0 Å². The molecule has 0 aliphatic rings. The van der Waals surface area contributed by atoms with Gasteiger partial charge in [-0.05, 0) is 18.2 Å². The SMILES string of the molecule is COc1ccc(OC)c(C(N)c2cnn(C)c2)c1. The number of aryl methyl sites for hydroxylation is 1. The summed E-state index contributed by atoms with van der Waals surface area (Å²) in [5.74, 6) is 1.50. The number of benzene rings is 1. The van der Waals surface area contributed by atoms with E-state index >= 15 is 0 Å². The summed E-state index contributed by atoms with van der Waals surface area (Å²) in [7, 11) is 5.11. The van der Waals surface area contributed by atoms with Crippen LogP contribution in [-0.4, -0.2) is 24.0 Å². The monoisotopic (exact) mass is 247 g/mol. The lowest BCUT2D eigenvalue weighted by Crippen LogP contribution is -2.12. The molecule has 1 unspecified atom stereocenters. The van der Waals surface area contributed by atoms with Crippen molar-refractivity contribution in [3.63, 3.8) is 0 Å². The first kappa shape index (κ1) is 12.4. The normalized spacial score (nSPS) is 12.2. The predicted octanol–water partition coefficient (Wildman–Crippen LogP) is 1.49. The van der Waals surface area contributed by atoms with Crippen molar-refractivity contribution in [3.8, 4) is 11.5 Å². The number of ether oxygens (including phenoxy) is 2. The molecule has 0 spiro atoms. The first-order chi connectivity index (χ1) is 8.65. The third-order valence-corrected chi connectivity index (χ3v) is 2.86. The van der Waals surface area contributed by atoms with E-state index in [0.29, 0.717) is 0 Å². The molecule has 0 radical (unpaired) electrons. The zero-order chi connectivity index (χ0) is 13.1. The van der Waals surface area contributed by atoms with Crippen molar-refractivity contribution in [2.45, 2.75) is 6.04 Å². The van der Waals surface area contributed by atoms with Crippen LogP contribution in [0.2, 0.25) is 0 Å². The van der Waals surface area contributed by atoms with Gasteiger partial charge in [0.05, 0.1) is 26.5 Å². The van der Waals surface area contributed by atoms with Gasteiger partial charge in [-0.1, -0.05) is 0 Å². The highest BCUT2D eigenvalue weighted by molar-refractivity contribution is 5.45. The molecule has 18 heavy (non-hydrogen) atoms. The van der Waals surface area contributed by atoms with Crippen molar-refractivity contribution in [3.05, 3.63) is 41.7 Å². The van der Waals surface area contributed by atoms with Crippen LogP contribution >= 0.6 is 0 Å². The van der Waals surface area contributed by atoms with Gasteiger partial charge in [0.2, 0.25) is 0 Å². The second kappa shape index (κ2) is 5.10. The zero-order valence-electron chi connectivity index (χ0n) is 10.8. The molecule has 0 fully saturated rings. The minimum absolute atomic E-state index is 0.288. The van der Waals surface area contributed by atoms with Crippen LogP contribution in [0.15, 0.2) is 30.6 Å². The predicted molar refractivity (Wildman–Crippen MR) is 68.8 cm³/mol. The van der Waals surface area contributed by atoms with E-state index in [1.165, 1.54) is 0 Å². The third-order valence-electron chi connectivity index (χ3n) is 2.86. The Bertz CT molecular complexity index is 537. The topological polar surface area (TPSA) is 62.3 Å². The zero-order valence-corrected chi connectivity index (χ0v) is 10.8. The van der Waals surface area contributed by atoms with Gasteiger partial charge in [0, 0.05) is 24.4 Å². The molecule has 0 saturated heterocycles. The van der Waals surface area contributed by atoms with E-state index in [-0.39, 0.29) is 6.04 Å². The van der Waals surface area contributed by atoms with Crippen LogP contribution in [0.5, 0.6) is 11.5 Å². The van der Waals surface area contributed by atoms with E-state index in [0.717, 1.165) is 22.6 Å². The second-order valence-corrected chi connectivity index (χ2v) is 4.03. The number of nitrogens with two attached hydrogens (primary N) is 1. The van der Waals surface area contributed by atoms with Gasteiger partial charge < -0.3 is 15.2 Å². The Kier molecular flexibility index (Phi) is 3.53. The van der Waals surface area contributed by atoms with Crippen LogP contribution in [-0.2, 0) is 7.05 Å². The van der Waals surface area contributed by atoms with Crippen molar-refractivity contribution in [2.24, 2.45) is 12.8 Å². The molecule has 1 aromatic carbocycles. The van der Waals surface area contributed by atoms with Crippen LogP contribution in [0.3, 0.4) is 0 Å². The fourth-order valence-corrected chi connectivity index (χ4v) is 1.86. The average Bonchev–Trinajstić information content (AvgIpc) is 2.83. The quantitative estimate of drug-likeness (QED) is 0.889. The van der Waals surface area contributed by atoms with Crippen molar-refractivity contribution in [1.82, 2.24) is 9.78 Å². The van der Waals surface area contributed by atoms with Gasteiger partial charge in [0.1, 0.15) is 11.5 Å². The molecule has 0 aliphatic heterocycles. The highest BCUT2D eigenvalue weighted by Crippen LogP contribution is 2.31. The fourth-order valence-electron chi connectivity index (χ4n) is 1.86. The lowest BCUT2D eigenvalue weighted by molar-refractivity contribution is 0.397. The molecule has 2 aromatic rings. The summed E-state index contributed by atoms with van der Waals surface area (Å²) in [6.07, 6.45) is 3.65. The summed E-state index contributed by atoms with van der Waals surface area (Å²) in [6.45, 7) is 0. The van der Waals surface area contributed by atoms with Crippen LogP contribution in [0.25, 0.3) is 0 Å². The largest absolute Gasteiger partial charge is 0.497 e. The Morgan fingerprint density at radius 1 is 1.28 bits per heavy atom. The number of aromatic nitrogens is 2. The van der Waals surface area contributed by atoms with Crippen LogP contribution in [0.4, 0.5) is 0 Å². The number of methoxy groups -OCH3 is 2. The van der Waals surface area contributed by atoms with Crippen molar-refractivity contribution in [1.29, 1.82) is 0 Å². The summed E-state index contributed by atoms with van der Waals surface area (Å²) in [6, 6.07) is 5.29. The van der Waals surface area contributed by atoms with Gasteiger partial charge >= 0.3 is 0 Å². The molecule has 0 saturated carbocycles. The molecule has 1 heterocycles. The van der Waals surface area contributed by atoms with E-state index in [2.05, 4.69) is 5.10 Å². The molecule has 0 aliphatic carbocycles. The summed E-state index contributed by atoms with van der Waals surface area (Å²) in [4.78, 5) is 0. The standard InChI is InChI=1S/C13H17N3O2/c1-16-8-9(7-15-16)13(14)11-6-10(17-2)4-5-12(11)18-3/h4-8,13H,14H2,1-3H3. The molecule has 5 heteroatoms. The number of hydrogen-bond donors (Lipinski definition) is 1. The molecule has 0 bridgehead atoms. The molecule has 1 aromatic heterocycles. The van der Waals surface area contributed by atoms with Crippen molar-refractivity contribution < 1.29 is 9.47 Å². The molecular formula is C13H17N3O2. The van der Waals surface area contributed by atoms with Crippen LogP contribution in [0.1, 0.15) is 17.2 Å². The smallest absolute Gasteiger partial charge is 0.124 e. The fraction of sp³-hybridized carbons (Fsp3) is 0.308. The first-order valence-corrected chi connectivity index (χ1v) is 5.61. The molecular weight excluding hydrogens is 230 g/mol. The summed E-state index contributed by atoms with van der Waals surface area (Å²) in [5, 5.41) is 4.13. The molecule has 1 atom stereocenters. The van der Waals surface area contributed by atoms with Crippen LogP contribution < -0.4 is 15.2 Å². The van der Waals surface area contributed by atoms with E-state index in [4.69, 9.17) is 15.2 Å². The summed E-state index contributed by atoms with van der Waals surface area (Å²) < 4.78 is 12.3. The molecule has 0 amide bonds. The lowest BCUT2D eigenvalue weighted by atomic mass is 10.0. The van der Waals surface area contributed by atoms with E-state index < -0.39 is 0 Å². The second-order valence-electron chi connectivity index (χ2n) is 4.03. The number of nitrogens with zero attached hydrogens (tertiary/aromatic N) is 2. The van der Waals surface area contributed by atoms with E-state index in [1.807, 2.05) is 31.4 Å². The van der Waals surface area contributed by atoms with E-state index in [1.54, 1.807) is 25.1 Å². The Balaban J connectivity index is 2.41. The lowest BCUT2D eigenvalue weighted by Gasteiger charge is -2.15. The highest BCUT2D eigenvalue weighted by atomic mass is 16.5. The Hall–Kier alpha value is -2.01. The highest BCUT2D eigenvalue weighted by Gasteiger charge is 2.16. The summed E-state index contributed by atoms with van der Waals surface area (Å²) in [5.41, 5.74) is 8.05. The number of hydrogen-bond acceptors (Lipinski definition) is 4. The molecule has 5 nitrogen and oxygen atoms in total. The Morgan fingerprint density at radius 2 is 2.06 bits per heavy atom. The average molecular weight is 247 g/mol. The molecule has 96 valence electrons. The maximum absolute atomic E-state index is 6.24. The summed E-state index contributed by atoms with van der Waals surface area (Å²) >= 11 is 0. The van der Waals surface area contributed by atoms with Gasteiger partial charge in [-0.25, -0.2) is 0 Å². The van der Waals surface area contributed by atoms with Gasteiger partial charge in [-0.15, -0.1) is 0 Å². The van der Waals surface area contributed by atoms with E-state index in [9.17, 15) is 0 Å². The van der Waals surface area contributed by atoms with Gasteiger partial charge in [0.15, 0.2) is 0 Å². The molecule has 2 rings (SSSR count). The maximum atomic E-state index is 6.24. The Labute approximate surface area is 106 Å². The maximum Gasteiger partial charge on any atom is 0.124 e.